The molecule has 0 saturated heterocycles. The smallest absolute Gasteiger partial charge is 0.317 e. The van der Waals surface area contributed by atoms with Gasteiger partial charge < -0.3 is 15.2 Å². The van der Waals surface area contributed by atoms with Crippen molar-refractivity contribution >= 4 is 16.9 Å². The lowest BCUT2D eigenvalue weighted by atomic mass is 10.1. The molecule has 1 aromatic carbocycles. The highest BCUT2D eigenvalue weighted by atomic mass is 16.2. The van der Waals surface area contributed by atoms with Crippen molar-refractivity contribution in [1.29, 1.82) is 0 Å². The molecule has 2 heterocycles. The van der Waals surface area contributed by atoms with Gasteiger partial charge in [0.1, 0.15) is 0 Å². The summed E-state index contributed by atoms with van der Waals surface area (Å²) in [4.78, 5) is 21.2. The SMILES string of the molecule is CN(Cc1ccccn1)C(=O)NCCc1c[nH]c2ccccc12. The van der Waals surface area contributed by atoms with E-state index in [1.807, 2.05) is 36.5 Å². The number of amides is 2. The Morgan fingerprint density at radius 2 is 2.04 bits per heavy atom. The summed E-state index contributed by atoms with van der Waals surface area (Å²) in [7, 11) is 1.77. The number of aromatic amines is 1. The fourth-order valence-electron chi connectivity index (χ4n) is 2.58. The summed E-state index contributed by atoms with van der Waals surface area (Å²) in [6, 6.07) is 13.8. The Balaban J connectivity index is 1.51. The highest BCUT2D eigenvalue weighted by molar-refractivity contribution is 5.83. The molecule has 2 N–H and O–H groups in total. The molecule has 5 heteroatoms. The molecule has 0 unspecified atom stereocenters. The molecule has 118 valence electrons. The van der Waals surface area contributed by atoms with Crippen LogP contribution in [0.25, 0.3) is 10.9 Å². The van der Waals surface area contributed by atoms with Gasteiger partial charge in [-0.2, -0.15) is 0 Å². The zero-order valence-corrected chi connectivity index (χ0v) is 13.1. The molecule has 23 heavy (non-hydrogen) atoms. The number of hydrogen-bond donors (Lipinski definition) is 2. The van der Waals surface area contributed by atoms with E-state index < -0.39 is 0 Å². The van der Waals surface area contributed by atoms with Crippen molar-refractivity contribution in [3.63, 3.8) is 0 Å². The number of nitrogens with zero attached hydrogens (tertiary/aromatic N) is 2. The lowest BCUT2D eigenvalue weighted by Gasteiger charge is -2.17. The molecule has 2 aromatic heterocycles. The van der Waals surface area contributed by atoms with Gasteiger partial charge in [-0.15, -0.1) is 0 Å². The Morgan fingerprint density at radius 3 is 2.87 bits per heavy atom. The summed E-state index contributed by atoms with van der Waals surface area (Å²) in [5.74, 6) is 0. The van der Waals surface area contributed by atoms with E-state index in [-0.39, 0.29) is 6.03 Å². The van der Waals surface area contributed by atoms with E-state index in [1.165, 1.54) is 10.9 Å². The van der Waals surface area contributed by atoms with Crippen LogP contribution in [0.2, 0.25) is 0 Å². The number of para-hydroxylation sites is 1. The van der Waals surface area contributed by atoms with Crippen molar-refractivity contribution in [2.45, 2.75) is 13.0 Å². The lowest BCUT2D eigenvalue weighted by Crippen LogP contribution is -2.37. The monoisotopic (exact) mass is 308 g/mol. The first kappa shape index (κ1) is 15.1. The van der Waals surface area contributed by atoms with Crippen LogP contribution < -0.4 is 5.32 Å². The predicted molar refractivity (Wildman–Crippen MR) is 91.1 cm³/mol. The molecular weight excluding hydrogens is 288 g/mol. The first-order valence-corrected chi connectivity index (χ1v) is 7.68. The number of H-pyrrole nitrogens is 1. The number of nitrogens with one attached hydrogen (secondary N) is 2. The zero-order valence-electron chi connectivity index (χ0n) is 13.1. The van der Waals surface area contributed by atoms with Crippen molar-refractivity contribution in [2.24, 2.45) is 0 Å². The average Bonchev–Trinajstić information content (AvgIpc) is 2.99. The van der Waals surface area contributed by atoms with Crippen LogP contribution in [0.4, 0.5) is 4.79 Å². The number of hydrogen-bond acceptors (Lipinski definition) is 2. The molecule has 5 nitrogen and oxygen atoms in total. The quantitative estimate of drug-likeness (QED) is 0.761. The van der Waals surface area contributed by atoms with Crippen LogP contribution in [0.5, 0.6) is 0 Å². The van der Waals surface area contributed by atoms with Gasteiger partial charge in [0.25, 0.3) is 0 Å². The minimum atomic E-state index is -0.0875. The summed E-state index contributed by atoms with van der Waals surface area (Å²) in [5.41, 5.74) is 3.22. The molecule has 0 bridgehead atoms. The molecule has 0 aliphatic rings. The molecule has 0 saturated carbocycles. The maximum Gasteiger partial charge on any atom is 0.317 e. The maximum atomic E-state index is 12.1. The van der Waals surface area contributed by atoms with Gasteiger partial charge >= 0.3 is 6.03 Å². The van der Waals surface area contributed by atoms with Gasteiger partial charge in [-0.25, -0.2) is 4.79 Å². The summed E-state index contributed by atoms with van der Waals surface area (Å²) < 4.78 is 0. The van der Waals surface area contributed by atoms with E-state index in [9.17, 15) is 4.79 Å². The molecule has 2 amide bonds. The second-order valence-corrected chi connectivity index (χ2v) is 5.52. The summed E-state index contributed by atoms with van der Waals surface area (Å²) >= 11 is 0. The second kappa shape index (κ2) is 6.96. The zero-order chi connectivity index (χ0) is 16.1. The van der Waals surface area contributed by atoms with Crippen LogP contribution in [-0.4, -0.2) is 34.5 Å². The molecule has 0 fully saturated rings. The van der Waals surface area contributed by atoms with Gasteiger partial charge in [-0.1, -0.05) is 24.3 Å². The topological polar surface area (TPSA) is 61.0 Å². The van der Waals surface area contributed by atoms with Gasteiger partial charge in [-0.3, -0.25) is 4.98 Å². The van der Waals surface area contributed by atoms with Gasteiger partial charge in [0.2, 0.25) is 0 Å². The Kier molecular flexibility index (Phi) is 4.57. The molecular formula is C18H20N4O. The number of carbonyl (C=O) groups is 1. The number of carbonyl (C=O) groups excluding carboxylic acids is 1. The average molecular weight is 308 g/mol. The van der Waals surface area contributed by atoms with E-state index in [4.69, 9.17) is 0 Å². The standard InChI is InChI=1S/C18H20N4O/c1-22(13-15-6-4-5-10-19-15)18(23)20-11-9-14-12-21-17-8-3-2-7-16(14)17/h2-8,10,12,21H,9,11,13H2,1H3,(H,20,23). The van der Waals surface area contributed by atoms with E-state index >= 15 is 0 Å². The minimum Gasteiger partial charge on any atom is -0.361 e. The Bertz CT molecular complexity index is 782. The molecule has 0 aliphatic carbocycles. The van der Waals surface area contributed by atoms with Crippen LogP contribution in [0.1, 0.15) is 11.3 Å². The first-order chi connectivity index (χ1) is 11.2. The van der Waals surface area contributed by atoms with Crippen LogP contribution in [0.15, 0.2) is 54.9 Å². The van der Waals surface area contributed by atoms with Gasteiger partial charge in [0.05, 0.1) is 12.2 Å². The first-order valence-electron chi connectivity index (χ1n) is 7.68. The number of urea groups is 1. The van der Waals surface area contributed by atoms with Crippen molar-refractivity contribution in [3.05, 3.63) is 66.1 Å². The van der Waals surface area contributed by atoms with E-state index in [2.05, 4.69) is 27.4 Å². The minimum absolute atomic E-state index is 0.0875. The molecule has 0 radical (unpaired) electrons. The van der Waals surface area contributed by atoms with Crippen LogP contribution in [-0.2, 0) is 13.0 Å². The summed E-state index contributed by atoms with van der Waals surface area (Å²) in [5, 5.41) is 4.16. The van der Waals surface area contributed by atoms with Crippen molar-refractivity contribution in [3.8, 4) is 0 Å². The lowest BCUT2D eigenvalue weighted by molar-refractivity contribution is 0.206. The van der Waals surface area contributed by atoms with Gasteiger partial charge in [0, 0.05) is 36.9 Å². The van der Waals surface area contributed by atoms with E-state index in [0.29, 0.717) is 13.1 Å². The van der Waals surface area contributed by atoms with E-state index in [0.717, 1.165) is 17.6 Å². The summed E-state index contributed by atoms with van der Waals surface area (Å²) in [6.45, 7) is 1.10. The maximum absolute atomic E-state index is 12.1. The third-order valence-corrected chi connectivity index (χ3v) is 3.82. The van der Waals surface area contributed by atoms with E-state index in [1.54, 1.807) is 18.1 Å². The number of fused-ring (bicyclic) bond motifs is 1. The molecule has 0 spiro atoms. The third kappa shape index (κ3) is 3.69. The number of rotatable bonds is 5. The number of benzene rings is 1. The largest absolute Gasteiger partial charge is 0.361 e. The molecule has 3 aromatic rings. The fourth-order valence-corrected chi connectivity index (χ4v) is 2.58. The number of aromatic nitrogens is 2. The van der Waals surface area contributed by atoms with Gasteiger partial charge in [-0.05, 0) is 30.2 Å². The normalized spacial score (nSPS) is 10.7. The van der Waals surface area contributed by atoms with Crippen molar-refractivity contribution < 1.29 is 4.79 Å². The summed E-state index contributed by atoms with van der Waals surface area (Å²) in [6.07, 6.45) is 4.54. The van der Waals surface area contributed by atoms with Crippen molar-refractivity contribution in [2.75, 3.05) is 13.6 Å². The highest BCUT2D eigenvalue weighted by Gasteiger charge is 2.09. The fraction of sp³-hybridized carbons (Fsp3) is 0.222. The molecule has 0 atom stereocenters. The van der Waals surface area contributed by atoms with Crippen molar-refractivity contribution in [1.82, 2.24) is 20.2 Å². The highest BCUT2D eigenvalue weighted by Crippen LogP contribution is 2.17. The second-order valence-electron chi connectivity index (χ2n) is 5.52. The predicted octanol–water partition coefficient (Wildman–Crippen LogP) is 2.95. The Labute approximate surface area is 135 Å². The Hall–Kier alpha value is -2.82. The van der Waals surface area contributed by atoms with Crippen LogP contribution in [0.3, 0.4) is 0 Å². The van der Waals surface area contributed by atoms with Crippen LogP contribution in [0, 0.1) is 0 Å². The molecule has 3 rings (SSSR count). The van der Waals surface area contributed by atoms with Gasteiger partial charge in [0.15, 0.2) is 0 Å². The Morgan fingerprint density at radius 1 is 1.22 bits per heavy atom. The third-order valence-electron chi connectivity index (χ3n) is 3.82. The number of pyridine rings is 1. The van der Waals surface area contributed by atoms with Crippen LogP contribution >= 0.6 is 0 Å². The molecule has 0 aliphatic heterocycles.